The predicted molar refractivity (Wildman–Crippen MR) is 243 cm³/mol. The number of rotatable bonds is 18. The molecule has 5 rings (SSSR count). The molecule has 14 heteroatoms. The van der Waals surface area contributed by atoms with Crippen molar-refractivity contribution in [3.63, 3.8) is 0 Å². The Hall–Kier alpha value is -2.43. The number of alkyl carbamates (subject to hydrolysis) is 1. The van der Waals surface area contributed by atoms with Crippen LogP contribution < -0.4 is 5.32 Å². The van der Waals surface area contributed by atoms with Crippen LogP contribution in [0, 0.1) is 41.4 Å². The quantitative estimate of drug-likeness (QED) is 0.0939. The van der Waals surface area contributed by atoms with E-state index in [1.165, 1.54) is 0 Å². The van der Waals surface area contributed by atoms with Crippen molar-refractivity contribution in [3.8, 4) is 0 Å². The molecule has 366 valence electrons. The van der Waals surface area contributed by atoms with E-state index in [1.54, 1.807) is 13.0 Å². The fraction of sp³-hybridized carbons (Fsp3) is 0.860. The molecule has 4 saturated heterocycles. The van der Waals surface area contributed by atoms with E-state index in [0.717, 1.165) is 6.42 Å². The number of Topliss-reactive ketones (excluding diaryl/α,β-unsaturated/α-hetero) is 1. The number of hydrogen-bond acceptors (Lipinski definition) is 13. The summed E-state index contributed by atoms with van der Waals surface area (Å²) in [6.45, 7) is 24.6. The van der Waals surface area contributed by atoms with Crippen molar-refractivity contribution in [1.29, 1.82) is 0 Å². The second-order valence-electron chi connectivity index (χ2n) is 20.6. The SMILES string of the molecule is C=CCOC(=O)[C@H](CC)[C@H]1CCC(C)[C@H]([C@@H](C)[C@H](O)[C@H](C)C(=O)[C@H](CC)[C@H]2O[C@]3(C=C[C@@H](OC(=O)NCCN(C)C)[C@]4(CC[C@@](C)([C@H]5CC[C@](O)(CC)[C@H](C)O5)O4)O3)[C@H](C)C[C@@H]2C)O1. The first-order chi connectivity index (χ1) is 30.1. The zero-order valence-corrected chi connectivity index (χ0v) is 41.1. The first-order valence-corrected chi connectivity index (χ1v) is 24.5. The molecule has 0 aromatic carbocycles. The van der Waals surface area contributed by atoms with Crippen LogP contribution in [0.3, 0.4) is 0 Å². The largest absolute Gasteiger partial charge is 0.461 e. The molecule has 0 aliphatic carbocycles. The monoisotopic (exact) mass is 905 g/mol. The zero-order chi connectivity index (χ0) is 47.4. The van der Waals surface area contributed by atoms with Gasteiger partial charge < -0.3 is 53.6 Å². The van der Waals surface area contributed by atoms with Crippen LogP contribution in [-0.2, 0) is 42.7 Å². The van der Waals surface area contributed by atoms with Crippen LogP contribution in [0.4, 0.5) is 4.79 Å². The molecule has 5 heterocycles. The van der Waals surface area contributed by atoms with Gasteiger partial charge in [0.1, 0.15) is 12.4 Å². The van der Waals surface area contributed by atoms with Gasteiger partial charge in [0, 0.05) is 43.2 Å². The first-order valence-electron chi connectivity index (χ1n) is 24.5. The third kappa shape index (κ3) is 11.1. The minimum absolute atomic E-state index is 0.0285. The van der Waals surface area contributed by atoms with Gasteiger partial charge in [-0.15, -0.1) is 0 Å². The van der Waals surface area contributed by atoms with Gasteiger partial charge in [-0.3, -0.25) is 9.59 Å². The van der Waals surface area contributed by atoms with Crippen molar-refractivity contribution in [2.24, 2.45) is 41.4 Å². The summed E-state index contributed by atoms with van der Waals surface area (Å²) in [5, 5.41) is 26.1. The Kier molecular flexibility index (Phi) is 17.8. The van der Waals surface area contributed by atoms with Crippen LogP contribution in [0.25, 0.3) is 0 Å². The molecule has 3 N–H and O–H groups in total. The van der Waals surface area contributed by atoms with E-state index in [2.05, 4.69) is 32.7 Å². The molecule has 5 aliphatic rings. The van der Waals surface area contributed by atoms with Gasteiger partial charge in [-0.05, 0) is 110 Å². The number of hydrogen-bond donors (Lipinski definition) is 3. The number of nitrogens with one attached hydrogen (secondary N) is 1. The summed E-state index contributed by atoms with van der Waals surface area (Å²) in [5.41, 5.74) is -1.76. The van der Waals surface area contributed by atoms with E-state index in [9.17, 15) is 24.6 Å². The Morgan fingerprint density at radius 1 is 0.953 bits per heavy atom. The number of esters is 1. The zero-order valence-electron chi connectivity index (χ0n) is 41.1. The number of ether oxygens (including phenoxy) is 7. The number of likely N-dealkylation sites (N-methyl/N-ethyl adjacent to an activating group) is 1. The smallest absolute Gasteiger partial charge is 0.407 e. The summed E-state index contributed by atoms with van der Waals surface area (Å²) >= 11 is 0. The van der Waals surface area contributed by atoms with E-state index >= 15 is 0 Å². The maximum absolute atomic E-state index is 14.8. The topological polar surface area (TPSA) is 172 Å². The Morgan fingerprint density at radius 2 is 1.66 bits per heavy atom. The average molecular weight is 905 g/mol. The highest BCUT2D eigenvalue weighted by Crippen LogP contribution is 2.54. The van der Waals surface area contributed by atoms with Crippen molar-refractivity contribution in [2.75, 3.05) is 33.8 Å². The molecular formula is C50H84N2O12. The molecule has 64 heavy (non-hydrogen) atoms. The molecule has 14 nitrogen and oxygen atoms in total. The molecule has 0 bridgehead atoms. The van der Waals surface area contributed by atoms with Crippen molar-refractivity contribution in [1.82, 2.24) is 10.2 Å². The molecule has 4 fully saturated rings. The molecule has 0 aromatic rings. The Labute approximate surface area is 383 Å². The lowest BCUT2D eigenvalue weighted by Crippen LogP contribution is -2.63. The van der Waals surface area contributed by atoms with Crippen molar-refractivity contribution in [3.05, 3.63) is 24.8 Å². The lowest BCUT2D eigenvalue weighted by atomic mass is 9.72. The summed E-state index contributed by atoms with van der Waals surface area (Å²) in [6, 6.07) is 0. The minimum atomic E-state index is -1.44. The number of carbonyl (C=O) groups excluding carboxylic acids is 3. The number of nitrogens with zero attached hydrogens (tertiary/aromatic N) is 1. The van der Waals surface area contributed by atoms with Gasteiger partial charge in [0.2, 0.25) is 5.79 Å². The molecule has 0 saturated carbocycles. The average Bonchev–Trinajstić information content (AvgIpc) is 3.60. The van der Waals surface area contributed by atoms with Crippen molar-refractivity contribution in [2.45, 2.75) is 199 Å². The highest BCUT2D eigenvalue weighted by atomic mass is 16.8. The van der Waals surface area contributed by atoms with Crippen LogP contribution in [0.5, 0.6) is 0 Å². The fourth-order valence-corrected chi connectivity index (χ4v) is 11.4. The molecule has 1 unspecified atom stereocenters. The van der Waals surface area contributed by atoms with Crippen LogP contribution >= 0.6 is 0 Å². The molecule has 5 aliphatic heterocycles. The van der Waals surface area contributed by atoms with Crippen molar-refractivity contribution < 1.29 is 57.8 Å². The third-order valence-electron chi connectivity index (χ3n) is 15.8. The fourth-order valence-electron chi connectivity index (χ4n) is 11.4. The summed E-state index contributed by atoms with van der Waals surface area (Å²) in [4.78, 5) is 43.0. The number of aliphatic hydroxyl groups excluding tert-OH is 1. The summed E-state index contributed by atoms with van der Waals surface area (Å²) in [6.07, 6.45) is 6.59. The van der Waals surface area contributed by atoms with Crippen LogP contribution in [0.15, 0.2) is 24.8 Å². The minimum Gasteiger partial charge on any atom is -0.461 e. The Balaban J connectivity index is 1.37. The van der Waals surface area contributed by atoms with E-state index in [-0.39, 0.29) is 54.4 Å². The maximum atomic E-state index is 14.8. The van der Waals surface area contributed by atoms with E-state index < -0.39 is 77.0 Å². The van der Waals surface area contributed by atoms with Crippen LogP contribution in [0.2, 0.25) is 0 Å². The summed E-state index contributed by atoms with van der Waals surface area (Å²) in [7, 11) is 3.86. The molecule has 2 spiro atoms. The van der Waals surface area contributed by atoms with Gasteiger partial charge in [-0.1, -0.05) is 68.0 Å². The van der Waals surface area contributed by atoms with Crippen LogP contribution in [0.1, 0.15) is 133 Å². The van der Waals surface area contributed by atoms with Crippen LogP contribution in [-0.4, -0.2) is 132 Å². The van der Waals surface area contributed by atoms with Gasteiger partial charge in [-0.2, -0.15) is 0 Å². The predicted octanol–water partition coefficient (Wildman–Crippen LogP) is 7.13. The van der Waals surface area contributed by atoms with Crippen molar-refractivity contribution >= 4 is 17.8 Å². The lowest BCUT2D eigenvalue weighted by Gasteiger charge is -2.54. The van der Waals surface area contributed by atoms with E-state index in [1.807, 2.05) is 72.7 Å². The van der Waals surface area contributed by atoms with Gasteiger partial charge in [0.05, 0.1) is 53.7 Å². The summed E-state index contributed by atoms with van der Waals surface area (Å²) in [5.74, 6) is -5.37. The normalized spacial score (nSPS) is 40.1. The molecule has 1 amide bonds. The highest BCUT2D eigenvalue weighted by Gasteiger charge is 2.64. The molecular weight excluding hydrogens is 821 g/mol. The Morgan fingerprint density at radius 3 is 2.28 bits per heavy atom. The lowest BCUT2D eigenvalue weighted by molar-refractivity contribution is -0.408. The summed E-state index contributed by atoms with van der Waals surface area (Å²) < 4.78 is 46.1. The number of carbonyl (C=O) groups is 3. The van der Waals surface area contributed by atoms with E-state index in [4.69, 9.17) is 33.2 Å². The third-order valence-corrected chi connectivity index (χ3v) is 15.8. The highest BCUT2D eigenvalue weighted by molar-refractivity contribution is 5.84. The Bertz CT molecular complexity index is 1630. The van der Waals surface area contributed by atoms with Gasteiger partial charge in [0.15, 0.2) is 11.9 Å². The van der Waals surface area contributed by atoms with Gasteiger partial charge in [-0.25, -0.2) is 4.79 Å². The standard InChI is InChI=1S/C50H84N2O12/c1-14-28-58-45(55)36(15-2)38-19-18-30(5)43(60-38)34(9)41(53)33(8)42(54)37(16-3)44-31(6)29-32(7)49(62-44)23-21-40(61-46(56)51-26-27-52(12)13)50(64-49)25-24-47(11,63-50)39-20-22-48(57,17-4)35(10)59-39/h14,21,23,30-41,43-44,53,57H,1,15-20,22,24-29H2,2-13H3,(H,51,56)/t30?,31-,32+,33-,34-,35-,36+,37-,38+,39+,40+,41+,43+,44-,47-,48+,49-,50-/m0/s1. The number of aliphatic hydroxyl groups is 2. The second kappa shape index (κ2) is 21.7. The number of amides is 1. The van der Waals surface area contributed by atoms with Gasteiger partial charge >= 0.3 is 12.1 Å². The van der Waals surface area contributed by atoms with Gasteiger partial charge in [0.25, 0.3) is 0 Å². The first kappa shape index (κ1) is 52.5. The maximum Gasteiger partial charge on any atom is 0.407 e. The molecule has 0 aromatic heterocycles. The second-order valence-corrected chi connectivity index (χ2v) is 20.6. The number of ketones is 1. The van der Waals surface area contributed by atoms with E-state index in [0.29, 0.717) is 70.9 Å². The molecule has 18 atom stereocenters. The molecule has 0 radical (unpaired) electrons.